The highest BCUT2D eigenvalue weighted by Gasteiger charge is 2.26. The summed E-state index contributed by atoms with van der Waals surface area (Å²) in [6.45, 7) is 11.6. The molecular weight excluding hydrogens is 496 g/mol. The van der Waals surface area contributed by atoms with E-state index < -0.39 is 0 Å². The number of Topliss-reactive ketones (excluding diaryl/α,β-unsaturated/α-hetero) is 2. The average Bonchev–Trinajstić information content (AvgIpc) is 2.95. The molecule has 40 heavy (non-hydrogen) atoms. The van der Waals surface area contributed by atoms with Crippen molar-refractivity contribution in [3.8, 4) is 0 Å². The molecule has 0 spiro atoms. The zero-order valence-electron chi connectivity index (χ0n) is 23.9. The number of ketones is 2. The summed E-state index contributed by atoms with van der Waals surface area (Å²) >= 11 is 0. The van der Waals surface area contributed by atoms with Crippen LogP contribution in [0.25, 0.3) is 0 Å². The van der Waals surface area contributed by atoms with Gasteiger partial charge in [0, 0.05) is 5.41 Å². The summed E-state index contributed by atoms with van der Waals surface area (Å²) in [5.74, 6) is 0.130. The van der Waals surface area contributed by atoms with Crippen molar-refractivity contribution in [2.24, 2.45) is 20.5 Å². The van der Waals surface area contributed by atoms with E-state index in [1.165, 1.54) is 11.1 Å². The molecule has 6 nitrogen and oxygen atoms in total. The first-order valence-electron chi connectivity index (χ1n) is 13.4. The van der Waals surface area contributed by atoms with Crippen LogP contribution in [0.4, 0.5) is 11.4 Å². The number of hydrogen-bond donors (Lipinski definition) is 0. The molecular formula is C34H34N4O2. The van der Waals surface area contributed by atoms with Gasteiger partial charge < -0.3 is 0 Å². The van der Waals surface area contributed by atoms with Crippen molar-refractivity contribution in [1.82, 2.24) is 0 Å². The number of hydrogen-bond acceptors (Lipinski definition) is 6. The topological polar surface area (TPSA) is 83.6 Å². The summed E-state index contributed by atoms with van der Waals surface area (Å²) in [5, 5.41) is 17.1. The molecule has 0 saturated carbocycles. The molecule has 2 aromatic carbocycles. The van der Waals surface area contributed by atoms with Crippen LogP contribution in [0.3, 0.4) is 0 Å². The van der Waals surface area contributed by atoms with Gasteiger partial charge in [0.25, 0.3) is 0 Å². The van der Waals surface area contributed by atoms with Crippen molar-refractivity contribution in [3.63, 3.8) is 0 Å². The molecule has 0 radical (unpaired) electrons. The zero-order valence-corrected chi connectivity index (χ0v) is 23.9. The van der Waals surface area contributed by atoms with Crippen LogP contribution in [0, 0.1) is 0 Å². The van der Waals surface area contributed by atoms with E-state index in [9.17, 15) is 9.59 Å². The summed E-state index contributed by atoms with van der Waals surface area (Å²) in [7, 11) is 0. The zero-order chi connectivity index (χ0) is 28.9. The molecule has 2 aromatic rings. The molecule has 4 rings (SSSR count). The lowest BCUT2D eigenvalue weighted by Crippen LogP contribution is -2.22. The fraction of sp³-hybridized carbons (Fsp3) is 0.235. The van der Waals surface area contributed by atoms with Crippen molar-refractivity contribution < 1.29 is 9.59 Å². The molecule has 0 saturated heterocycles. The minimum absolute atomic E-state index is 0.0649. The van der Waals surface area contributed by atoms with Crippen molar-refractivity contribution in [2.45, 2.75) is 53.4 Å². The summed E-state index contributed by atoms with van der Waals surface area (Å²) in [4.78, 5) is 23.8. The molecule has 0 N–H and O–H groups in total. The number of allylic oxidation sites excluding steroid dienone is 10. The van der Waals surface area contributed by atoms with Gasteiger partial charge in [0.05, 0.1) is 23.8 Å². The Hall–Kier alpha value is -4.58. The van der Waals surface area contributed by atoms with E-state index in [-0.39, 0.29) is 17.0 Å². The summed E-state index contributed by atoms with van der Waals surface area (Å²) in [5.41, 5.74) is 8.24. The number of azo groups is 2. The van der Waals surface area contributed by atoms with Gasteiger partial charge in [-0.1, -0.05) is 38.1 Å². The standard InChI is InChI=1S/C34H34N4O2/c1-7-34(6,28-8-12-30(13-9-28)37-35-20-26-16-22(2)32(39)23(3)17-26)29-10-14-31(15-11-29)38-36-21-27-18-24(4)33(40)25(5)19-27/h8-21H,7H2,1-6H3. The third kappa shape index (κ3) is 6.34. The lowest BCUT2D eigenvalue weighted by atomic mass is 9.74. The molecule has 2 aliphatic rings. The largest absolute Gasteiger partial charge is 0.289 e. The normalized spacial score (nSPS) is 17.4. The van der Waals surface area contributed by atoms with Gasteiger partial charge in [-0.05, 0) is 127 Å². The van der Waals surface area contributed by atoms with Crippen molar-refractivity contribution in [1.29, 1.82) is 0 Å². The Balaban J connectivity index is 1.46. The van der Waals surface area contributed by atoms with Crippen molar-refractivity contribution >= 4 is 22.9 Å². The van der Waals surface area contributed by atoms with E-state index in [2.05, 4.69) is 58.6 Å². The summed E-state index contributed by atoms with van der Waals surface area (Å²) < 4.78 is 0. The third-order valence-electron chi connectivity index (χ3n) is 7.44. The predicted octanol–water partition coefficient (Wildman–Crippen LogP) is 9.29. The lowest BCUT2D eigenvalue weighted by Gasteiger charge is -2.30. The van der Waals surface area contributed by atoms with E-state index in [0.717, 1.165) is 28.9 Å². The van der Waals surface area contributed by atoms with Crippen molar-refractivity contribution in [2.75, 3.05) is 0 Å². The van der Waals surface area contributed by atoms with E-state index >= 15 is 0 Å². The van der Waals surface area contributed by atoms with Crippen LogP contribution in [-0.4, -0.2) is 11.6 Å². The van der Waals surface area contributed by atoms with Gasteiger partial charge in [-0.2, -0.15) is 20.5 Å². The number of carbonyl (C=O) groups is 2. The second-order valence-corrected chi connectivity index (χ2v) is 10.4. The quantitative estimate of drug-likeness (QED) is 0.334. The van der Waals surface area contributed by atoms with Crippen LogP contribution in [0.2, 0.25) is 0 Å². The Morgan fingerprint density at radius 2 is 0.925 bits per heavy atom. The first-order valence-corrected chi connectivity index (χ1v) is 13.4. The van der Waals surface area contributed by atoms with E-state index in [1.807, 2.05) is 76.3 Å². The van der Waals surface area contributed by atoms with Gasteiger partial charge in [0.2, 0.25) is 0 Å². The maximum Gasteiger partial charge on any atom is 0.184 e. The molecule has 0 amide bonds. The van der Waals surface area contributed by atoms with E-state index in [1.54, 1.807) is 12.4 Å². The Labute approximate surface area is 236 Å². The van der Waals surface area contributed by atoms with Crippen LogP contribution >= 0.6 is 0 Å². The second-order valence-electron chi connectivity index (χ2n) is 10.4. The summed E-state index contributed by atoms with van der Waals surface area (Å²) in [6, 6.07) is 16.3. The van der Waals surface area contributed by atoms with E-state index in [0.29, 0.717) is 22.3 Å². The van der Waals surface area contributed by atoms with Crippen LogP contribution < -0.4 is 0 Å². The minimum Gasteiger partial charge on any atom is -0.289 e. The molecule has 0 atom stereocenters. The molecule has 2 aliphatic carbocycles. The number of rotatable bonds is 7. The molecule has 0 aromatic heterocycles. The molecule has 202 valence electrons. The van der Waals surface area contributed by atoms with Crippen LogP contribution in [0.15, 0.2) is 139 Å². The van der Waals surface area contributed by atoms with Gasteiger partial charge in [0.15, 0.2) is 11.6 Å². The highest BCUT2D eigenvalue weighted by atomic mass is 16.1. The highest BCUT2D eigenvalue weighted by molar-refractivity contribution is 6.10. The fourth-order valence-corrected chi connectivity index (χ4v) is 4.81. The van der Waals surface area contributed by atoms with Crippen molar-refractivity contribution in [3.05, 3.63) is 130 Å². The van der Waals surface area contributed by atoms with Crippen LogP contribution in [0.5, 0.6) is 0 Å². The Kier molecular flexibility index (Phi) is 8.58. The molecule has 0 heterocycles. The number of nitrogens with zero attached hydrogens (tertiary/aromatic N) is 4. The lowest BCUT2D eigenvalue weighted by molar-refractivity contribution is -0.113. The fourth-order valence-electron chi connectivity index (χ4n) is 4.81. The third-order valence-corrected chi connectivity index (χ3v) is 7.44. The van der Waals surface area contributed by atoms with Gasteiger partial charge in [0.1, 0.15) is 0 Å². The smallest absolute Gasteiger partial charge is 0.184 e. The SMILES string of the molecule is CCC(C)(c1ccc(N=NC=C2C=C(C)C(=O)C(C)=C2)cc1)c1ccc(N=NC=C2C=C(C)C(=O)C(C)=C2)cc1. The maximum atomic E-state index is 11.9. The Morgan fingerprint density at radius 1 is 0.600 bits per heavy atom. The average molecular weight is 531 g/mol. The number of benzene rings is 2. The highest BCUT2D eigenvalue weighted by Crippen LogP contribution is 2.37. The van der Waals surface area contributed by atoms with Crippen LogP contribution in [0.1, 0.15) is 59.1 Å². The monoisotopic (exact) mass is 530 g/mol. The second kappa shape index (κ2) is 12.1. The molecule has 0 unspecified atom stereocenters. The predicted molar refractivity (Wildman–Crippen MR) is 160 cm³/mol. The van der Waals surface area contributed by atoms with Gasteiger partial charge in [-0.15, -0.1) is 0 Å². The first kappa shape index (κ1) is 28.4. The molecule has 0 aliphatic heterocycles. The minimum atomic E-state index is -0.187. The maximum absolute atomic E-state index is 11.9. The van der Waals surface area contributed by atoms with E-state index in [4.69, 9.17) is 0 Å². The Bertz CT molecular complexity index is 1410. The van der Waals surface area contributed by atoms with Gasteiger partial charge in [-0.25, -0.2) is 0 Å². The molecule has 0 bridgehead atoms. The van der Waals surface area contributed by atoms with Crippen LogP contribution in [-0.2, 0) is 15.0 Å². The Morgan fingerprint density at radius 3 is 1.23 bits per heavy atom. The molecule has 6 heteroatoms. The van der Waals surface area contributed by atoms with Gasteiger partial charge >= 0.3 is 0 Å². The summed E-state index contributed by atoms with van der Waals surface area (Å²) in [6.07, 6.45) is 11.6. The first-order chi connectivity index (χ1) is 19.1. The number of carbonyl (C=O) groups excluding carboxylic acids is 2. The van der Waals surface area contributed by atoms with Gasteiger partial charge in [-0.3, -0.25) is 9.59 Å². The molecule has 0 fully saturated rings.